The van der Waals surface area contributed by atoms with Crippen LogP contribution in [0.2, 0.25) is 0 Å². The topological polar surface area (TPSA) is 66.4 Å². The van der Waals surface area contributed by atoms with Crippen molar-refractivity contribution >= 4 is 29.3 Å². The van der Waals surface area contributed by atoms with E-state index in [1.165, 1.54) is 30.3 Å². The monoisotopic (exact) mass is 293 g/mol. The van der Waals surface area contributed by atoms with Gasteiger partial charge in [-0.05, 0) is 37.0 Å². The number of hydrogen-bond donors (Lipinski definition) is 2. The molecular weight excluding hydrogens is 274 g/mol. The Morgan fingerprint density at radius 2 is 2.20 bits per heavy atom. The van der Waals surface area contributed by atoms with Gasteiger partial charge < -0.3 is 10.4 Å². The van der Waals surface area contributed by atoms with Crippen LogP contribution in [0.5, 0.6) is 0 Å². The molecule has 0 aliphatic heterocycles. The minimum absolute atomic E-state index is 0.0518. The van der Waals surface area contributed by atoms with Crippen LogP contribution < -0.4 is 5.32 Å². The molecular formula is C15H19NO3S. The number of nitrogens with one attached hydrogen (secondary N) is 1. The summed E-state index contributed by atoms with van der Waals surface area (Å²) in [7, 11) is 0. The average Bonchev–Trinajstić information content (AvgIpc) is 2.85. The lowest BCUT2D eigenvalue weighted by atomic mass is 9.87. The molecule has 0 bridgehead atoms. The van der Waals surface area contributed by atoms with E-state index < -0.39 is 5.97 Å². The number of carboxylic acid groups (broad SMARTS) is 1. The van der Waals surface area contributed by atoms with Gasteiger partial charge >= 0.3 is 5.97 Å². The molecule has 2 rings (SSSR count). The van der Waals surface area contributed by atoms with Crippen LogP contribution in [0.1, 0.15) is 47.2 Å². The van der Waals surface area contributed by atoms with E-state index in [1.54, 1.807) is 12.1 Å². The molecule has 0 saturated heterocycles. The SMILES string of the molecule is CC1CCCC(NC(=O)c2ccc(C=CC(=O)O)s2)C1. The molecule has 0 spiro atoms. The highest BCUT2D eigenvalue weighted by Crippen LogP contribution is 2.24. The number of rotatable bonds is 4. The van der Waals surface area contributed by atoms with E-state index in [1.807, 2.05) is 0 Å². The highest BCUT2D eigenvalue weighted by atomic mass is 32.1. The fourth-order valence-electron chi connectivity index (χ4n) is 2.54. The lowest BCUT2D eigenvalue weighted by Gasteiger charge is -2.27. The zero-order valence-electron chi connectivity index (χ0n) is 11.5. The first-order valence-electron chi connectivity index (χ1n) is 6.86. The van der Waals surface area contributed by atoms with E-state index in [0.29, 0.717) is 10.8 Å². The Hall–Kier alpha value is -1.62. The average molecular weight is 293 g/mol. The van der Waals surface area contributed by atoms with Crippen molar-refractivity contribution in [2.75, 3.05) is 0 Å². The molecule has 2 N–H and O–H groups in total. The maximum Gasteiger partial charge on any atom is 0.328 e. The first-order valence-corrected chi connectivity index (χ1v) is 7.68. The molecule has 1 aromatic rings. The second kappa shape index (κ2) is 6.70. The van der Waals surface area contributed by atoms with E-state index in [9.17, 15) is 9.59 Å². The summed E-state index contributed by atoms with van der Waals surface area (Å²) in [5, 5.41) is 11.6. The van der Waals surface area contributed by atoms with Crippen molar-refractivity contribution in [3.63, 3.8) is 0 Å². The molecule has 2 atom stereocenters. The van der Waals surface area contributed by atoms with E-state index in [0.717, 1.165) is 23.8 Å². The summed E-state index contributed by atoms with van der Waals surface area (Å²) < 4.78 is 0. The Morgan fingerprint density at radius 1 is 1.40 bits per heavy atom. The van der Waals surface area contributed by atoms with Crippen LogP contribution in [-0.4, -0.2) is 23.0 Å². The fraction of sp³-hybridized carbons (Fsp3) is 0.467. The summed E-state index contributed by atoms with van der Waals surface area (Å²) in [6.07, 6.45) is 7.09. The normalized spacial score (nSPS) is 22.9. The van der Waals surface area contributed by atoms with Crippen molar-refractivity contribution in [1.29, 1.82) is 0 Å². The van der Waals surface area contributed by atoms with Gasteiger partial charge in [-0.25, -0.2) is 4.79 Å². The van der Waals surface area contributed by atoms with Crippen LogP contribution in [0.3, 0.4) is 0 Å². The Labute approximate surface area is 122 Å². The van der Waals surface area contributed by atoms with Crippen LogP contribution in [0.4, 0.5) is 0 Å². The van der Waals surface area contributed by atoms with Gasteiger partial charge in [0.1, 0.15) is 0 Å². The smallest absolute Gasteiger partial charge is 0.328 e. The minimum atomic E-state index is -0.986. The molecule has 1 aliphatic rings. The van der Waals surface area contributed by atoms with Gasteiger partial charge in [-0.1, -0.05) is 19.8 Å². The Kier molecular flexibility index (Phi) is 4.95. The van der Waals surface area contributed by atoms with Crippen LogP contribution in [-0.2, 0) is 4.79 Å². The molecule has 108 valence electrons. The van der Waals surface area contributed by atoms with Gasteiger partial charge in [-0.3, -0.25) is 4.79 Å². The molecule has 1 aliphatic carbocycles. The predicted octanol–water partition coefficient (Wildman–Crippen LogP) is 3.15. The third kappa shape index (κ3) is 4.20. The lowest BCUT2D eigenvalue weighted by molar-refractivity contribution is -0.131. The molecule has 1 heterocycles. The van der Waals surface area contributed by atoms with Crippen molar-refractivity contribution in [1.82, 2.24) is 5.32 Å². The van der Waals surface area contributed by atoms with E-state index in [4.69, 9.17) is 5.11 Å². The highest BCUT2D eigenvalue weighted by molar-refractivity contribution is 7.14. The number of carbonyl (C=O) groups excluding carboxylic acids is 1. The molecule has 0 radical (unpaired) electrons. The van der Waals surface area contributed by atoms with Crippen LogP contribution >= 0.6 is 11.3 Å². The first-order chi connectivity index (χ1) is 9.54. The van der Waals surface area contributed by atoms with Gasteiger partial charge in [0.25, 0.3) is 5.91 Å². The molecule has 1 amide bonds. The van der Waals surface area contributed by atoms with Gasteiger partial charge in [0.05, 0.1) is 4.88 Å². The second-order valence-electron chi connectivity index (χ2n) is 5.32. The molecule has 1 fully saturated rings. The summed E-state index contributed by atoms with van der Waals surface area (Å²) in [4.78, 5) is 24.0. The Bertz CT molecular complexity index is 521. The van der Waals surface area contributed by atoms with Gasteiger partial charge in [-0.15, -0.1) is 11.3 Å². The number of carbonyl (C=O) groups is 2. The summed E-state index contributed by atoms with van der Waals surface area (Å²) in [6, 6.07) is 3.78. The van der Waals surface area contributed by atoms with Crippen LogP contribution in [0.25, 0.3) is 6.08 Å². The highest BCUT2D eigenvalue weighted by Gasteiger charge is 2.21. The largest absolute Gasteiger partial charge is 0.478 e. The molecule has 2 unspecified atom stereocenters. The van der Waals surface area contributed by atoms with Crippen LogP contribution in [0, 0.1) is 5.92 Å². The van der Waals surface area contributed by atoms with E-state index >= 15 is 0 Å². The van der Waals surface area contributed by atoms with Crippen LogP contribution in [0.15, 0.2) is 18.2 Å². The quantitative estimate of drug-likeness (QED) is 0.838. The summed E-state index contributed by atoms with van der Waals surface area (Å²) in [6.45, 7) is 2.22. The van der Waals surface area contributed by atoms with Gasteiger partial charge in [0, 0.05) is 17.0 Å². The molecule has 4 nitrogen and oxygen atoms in total. The summed E-state index contributed by atoms with van der Waals surface area (Å²) in [5.41, 5.74) is 0. The number of amides is 1. The lowest BCUT2D eigenvalue weighted by Crippen LogP contribution is -2.37. The molecule has 0 aromatic carbocycles. The number of carboxylic acids is 1. The predicted molar refractivity (Wildman–Crippen MR) is 79.9 cm³/mol. The van der Waals surface area contributed by atoms with Crippen molar-refractivity contribution < 1.29 is 14.7 Å². The third-order valence-electron chi connectivity index (χ3n) is 3.51. The second-order valence-corrected chi connectivity index (χ2v) is 6.43. The molecule has 1 aromatic heterocycles. The Morgan fingerprint density at radius 3 is 2.90 bits per heavy atom. The number of hydrogen-bond acceptors (Lipinski definition) is 3. The number of aliphatic carboxylic acids is 1. The maximum absolute atomic E-state index is 12.1. The van der Waals surface area contributed by atoms with Gasteiger partial charge in [-0.2, -0.15) is 0 Å². The maximum atomic E-state index is 12.1. The third-order valence-corrected chi connectivity index (χ3v) is 4.56. The van der Waals surface area contributed by atoms with Crippen molar-refractivity contribution in [2.45, 2.75) is 38.6 Å². The van der Waals surface area contributed by atoms with Crippen molar-refractivity contribution in [3.05, 3.63) is 28.0 Å². The summed E-state index contributed by atoms with van der Waals surface area (Å²) >= 11 is 1.31. The molecule has 1 saturated carbocycles. The van der Waals surface area contributed by atoms with E-state index in [-0.39, 0.29) is 11.9 Å². The van der Waals surface area contributed by atoms with Crippen molar-refractivity contribution in [3.8, 4) is 0 Å². The number of thiophene rings is 1. The fourth-order valence-corrected chi connectivity index (χ4v) is 3.35. The zero-order valence-corrected chi connectivity index (χ0v) is 12.3. The Balaban J connectivity index is 1.94. The van der Waals surface area contributed by atoms with Gasteiger partial charge in [0.15, 0.2) is 0 Å². The van der Waals surface area contributed by atoms with Gasteiger partial charge in [0.2, 0.25) is 0 Å². The zero-order chi connectivity index (χ0) is 14.5. The standard InChI is InChI=1S/C15H19NO3S/c1-10-3-2-4-11(9-10)16-15(19)13-7-5-12(20-13)6-8-14(17)18/h5-8,10-11H,2-4,9H2,1H3,(H,16,19)(H,17,18). The minimum Gasteiger partial charge on any atom is -0.478 e. The van der Waals surface area contributed by atoms with E-state index in [2.05, 4.69) is 12.2 Å². The first kappa shape index (κ1) is 14.8. The summed E-state index contributed by atoms with van der Waals surface area (Å²) in [5.74, 6) is -0.365. The van der Waals surface area contributed by atoms with Crippen molar-refractivity contribution in [2.24, 2.45) is 5.92 Å². The molecule has 20 heavy (non-hydrogen) atoms. The molecule has 5 heteroatoms.